The topological polar surface area (TPSA) is 9.23 Å². The first-order chi connectivity index (χ1) is 15.1. The summed E-state index contributed by atoms with van der Waals surface area (Å²) in [6.07, 6.45) is 15.1. The molecule has 2 aromatic rings. The molecule has 0 aromatic heterocycles. The maximum Gasteiger partial charge on any atom is 0.201 e. The highest BCUT2D eigenvalue weighted by molar-refractivity contribution is 5.65. The van der Waals surface area contributed by atoms with Crippen molar-refractivity contribution in [1.82, 2.24) is 0 Å². The van der Waals surface area contributed by atoms with Gasteiger partial charge in [-0.2, -0.15) is 4.39 Å². The van der Waals surface area contributed by atoms with Gasteiger partial charge in [0.15, 0.2) is 11.6 Å². The molecule has 0 radical (unpaired) electrons. The van der Waals surface area contributed by atoms with Crippen LogP contribution in [0.2, 0.25) is 0 Å². The van der Waals surface area contributed by atoms with Crippen LogP contribution in [0, 0.1) is 29.4 Å². The highest BCUT2D eigenvalue weighted by Crippen LogP contribution is 2.48. The number of hydrogen-bond donors (Lipinski definition) is 0. The van der Waals surface area contributed by atoms with Crippen molar-refractivity contribution in [2.45, 2.75) is 64.2 Å². The van der Waals surface area contributed by atoms with Crippen LogP contribution in [0.4, 0.5) is 8.78 Å². The Hall–Kier alpha value is -2.16. The molecule has 4 unspecified atom stereocenters. The predicted molar refractivity (Wildman–Crippen MR) is 123 cm³/mol. The normalized spacial score (nSPS) is 26.1. The molecule has 4 atom stereocenters. The van der Waals surface area contributed by atoms with Gasteiger partial charge in [0, 0.05) is 5.56 Å². The summed E-state index contributed by atoms with van der Waals surface area (Å²) in [5, 5.41) is 0. The molecule has 0 spiro atoms. The molecular weight excluding hydrogens is 390 g/mol. The molecular formula is C28H34F2O. The lowest BCUT2D eigenvalue weighted by atomic mass is 9.63. The third kappa shape index (κ3) is 4.86. The van der Waals surface area contributed by atoms with Crippen LogP contribution in [0.25, 0.3) is 11.1 Å². The quantitative estimate of drug-likeness (QED) is 0.424. The molecule has 2 aromatic carbocycles. The van der Waals surface area contributed by atoms with Gasteiger partial charge in [0.2, 0.25) is 5.82 Å². The largest absolute Gasteiger partial charge is 0.494 e. The van der Waals surface area contributed by atoms with Crippen molar-refractivity contribution in [2.24, 2.45) is 17.8 Å². The molecule has 2 fully saturated rings. The second-order valence-electron chi connectivity index (χ2n) is 9.42. The van der Waals surface area contributed by atoms with Crippen molar-refractivity contribution in [3.8, 4) is 16.9 Å². The molecule has 0 amide bonds. The van der Waals surface area contributed by atoms with Crippen LogP contribution in [0.15, 0.2) is 48.6 Å². The third-order valence-electron chi connectivity index (χ3n) is 7.66. The Balaban J connectivity index is 1.39. The molecule has 2 aliphatic rings. The zero-order valence-electron chi connectivity index (χ0n) is 18.7. The number of ether oxygens (including phenoxy) is 1. The van der Waals surface area contributed by atoms with E-state index in [-0.39, 0.29) is 11.3 Å². The van der Waals surface area contributed by atoms with Crippen LogP contribution in [-0.4, -0.2) is 7.11 Å². The van der Waals surface area contributed by atoms with E-state index in [0.29, 0.717) is 11.5 Å². The Morgan fingerprint density at radius 3 is 2.39 bits per heavy atom. The summed E-state index contributed by atoms with van der Waals surface area (Å²) < 4.78 is 33.4. The van der Waals surface area contributed by atoms with E-state index in [1.807, 2.05) is 12.1 Å². The molecule has 2 aliphatic carbocycles. The number of fused-ring (bicyclic) bond motifs is 1. The van der Waals surface area contributed by atoms with E-state index in [1.165, 1.54) is 70.1 Å². The van der Waals surface area contributed by atoms with E-state index in [1.54, 1.807) is 6.07 Å². The lowest BCUT2D eigenvalue weighted by Crippen LogP contribution is -2.30. The zero-order valence-corrected chi connectivity index (χ0v) is 18.7. The molecule has 3 heteroatoms. The number of allylic oxidation sites excluding steroid dienone is 2. The van der Waals surface area contributed by atoms with Crippen LogP contribution < -0.4 is 4.74 Å². The van der Waals surface area contributed by atoms with Gasteiger partial charge in [-0.1, -0.05) is 42.8 Å². The standard InChI is InChI=1S/C28H34F2O/c1-3-4-5-6-19-7-8-24-18-23(14-13-22(24)17-19)20-9-11-21(12-10-20)25-15-16-26(31-2)28(30)27(25)29/h3-4,9-12,15-16,19,22-24H,5-8,13-14,17-18H2,1-2H3/b4-3+. The van der Waals surface area contributed by atoms with Gasteiger partial charge in [-0.3, -0.25) is 0 Å². The van der Waals surface area contributed by atoms with E-state index in [9.17, 15) is 8.78 Å². The smallest absolute Gasteiger partial charge is 0.201 e. The average Bonchev–Trinajstić information content (AvgIpc) is 2.81. The summed E-state index contributed by atoms with van der Waals surface area (Å²) in [5.74, 6) is 1.41. The molecule has 0 aliphatic heterocycles. The Morgan fingerprint density at radius 1 is 0.903 bits per heavy atom. The summed E-state index contributed by atoms with van der Waals surface area (Å²) >= 11 is 0. The number of benzene rings is 2. The highest BCUT2D eigenvalue weighted by atomic mass is 19.2. The van der Waals surface area contributed by atoms with Crippen LogP contribution in [-0.2, 0) is 0 Å². The molecule has 4 rings (SSSR count). The first kappa shape index (κ1) is 22.0. The predicted octanol–water partition coefficient (Wildman–Crippen LogP) is 8.30. The first-order valence-corrected chi connectivity index (χ1v) is 11.8. The van der Waals surface area contributed by atoms with Crippen LogP contribution >= 0.6 is 0 Å². The van der Waals surface area contributed by atoms with Gasteiger partial charge in [0.25, 0.3) is 0 Å². The van der Waals surface area contributed by atoms with Crippen LogP contribution in [0.3, 0.4) is 0 Å². The van der Waals surface area contributed by atoms with Crippen molar-refractivity contribution in [3.05, 3.63) is 65.7 Å². The highest BCUT2D eigenvalue weighted by Gasteiger charge is 2.35. The zero-order chi connectivity index (χ0) is 21.8. The molecule has 1 nitrogen and oxygen atoms in total. The SMILES string of the molecule is C/C=C/CCC1CCC2CC(c3ccc(-c4ccc(OC)c(F)c4F)cc3)CCC2C1. The summed E-state index contributed by atoms with van der Waals surface area (Å²) in [6, 6.07) is 11.2. The first-order valence-electron chi connectivity index (χ1n) is 11.8. The summed E-state index contributed by atoms with van der Waals surface area (Å²) in [7, 11) is 1.34. The van der Waals surface area contributed by atoms with Gasteiger partial charge in [0.1, 0.15) is 0 Å². The van der Waals surface area contributed by atoms with Crippen molar-refractivity contribution in [3.63, 3.8) is 0 Å². The van der Waals surface area contributed by atoms with Gasteiger partial charge in [-0.15, -0.1) is 0 Å². The Kier molecular flexibility index (Phi) is 7.09. The molecule has 0 heterocycles. The molecule has 166 valence electrons. The number of hydrogen-bond acceptors (Lipinski definition) is 1. The van der Waals surface area contributed by atoms with Crippen molar-refractivity contribution < 1.29 is 13.5 Å². The van der Waals surface area contributed by atoms with E-state index < -0.39 is 11.6 Å². The van der Waals surface area contributed by atoms with Gasteiger partial charge >= 0.3 is 0 Å². The van der Waals surface area contributed by atoms with Gasteiger partial charge < -0.3 is 4.74 Å². The number of methoxy groups -OCH3 is 1. The summed E-state index contributed by atoms with van der Waals surface area (Å²) in [6.45, 7) is 2.11. The minimum Gasteiger partial charge on any atom is -0.494 e. The fourth-order valence-electron chi connectivity index (χ4n) is 5.90. The fraction of sp³-hybridized carbons (Fsp3) is 0.500. The maximum atomic E-state index is 14.4. The minimum absolute atomic E-state index is 0.0637. The van der Waals surface area contributed by atoms with Gasteiger partial charge in [-0.25, -0.2) is 4.39 Å². The lowest BCUT2D eigenvalue weighted by Gasteiger charge is -2.42. The van der Waals surface area contributed by atoms with Gasteiger partial charge in [0.05, 0.1) is 7.11 Å². The number of rotatable bonds is 6. The molecule has 0 saturated heterocycles. The van der Waals surface area contributed by atoms with Crippen molar-refractivity contribution in [2.75, 3.05) is 7.11 Å². The lowest BCUT2D eigenvalue weighted by molar-refractivity contribution is 0.115. The minimum atomic E-state index is -0.927. The monoisotopic (exact) mass is 424 g/mol. The Labute approximate surface area is 185 Å². The van der Waals surface area contributed by atoms with E-state index >= 15 is 0 Å². The molecule has 31 heavy (non-hydrogen) atoms. The molecule has 0 N–H and O–H groups in total. The molecule has 0 bridgehead atoms. The fourth-order valence-corrected chi connectivity index (χ4v) is 5.90. The Morgan fingerprint density at radius 2 is 1.65 bits per heavy atom. The van der Waals surface area contributed by atoms with Gasteiger partial charge in [-0.05, 0) is 98.8 Å². The van der Waals surface area contributed by atoms with E-state index in [0.717, 1.165) is 17.8 Å². The average molecular weight is 425 g/mol. The van der Waals surface area contributed by atoms with E-state index in [2.05, 4.69) is 31.2 Å². The summed E-state index contributed by atoms with van der Waals surface area (Å²) in [4.78, 5) is 0. The maximum absolute atomic E-state index is 14.4. The van der Waals surface area contributed by atoms with E-state index in [4.69, 9.17) is 4.74 Å². The Bertz CT molecular complexity index is 902. The summed E-state index contributed by atoms with van der Waals surface area (Å²) in [5.41, 5.74) is 2.33. The second kappa shape index (κ2) is 9.97. The van der Waals surface area contributed by atoms with Crippen LogP contribution in [0.5, 0.6) is 5.75 Å². The third-order valence-corrected chi connectivity index (χ3v) is 7.66. The number of halogens is 2. The molecule has 2 saturated carbocycles. The van der Waals surface area contributed by atoms with Crippen molar-refractivity contribution in [1.29, 1.82) is 0 Å². The van der Waals surface area contributed by atoms with Crippen molar-refractivity contribution >= 4 is 0 Å². The second-order valence-corrected chi connectivity index (χ2v) is 9.42. The van der Waals surface area contributed by atoms with Crippen LogP contribution in [0.1, 0.15) is 69.8 Å².